The summed E-state index contributed by atoms with van der Waals surface area (Å²) in [6.45, 7) is 6.29. The van der Waals surface area contributed by atoms with E-state index in [4.69, 9.17) is 0 Å². The number of hydrogen-bond donors (Lipinski definition) is 2. The van der Waals surface area contributed by atoms with Crippen molar-refractivity contribution in [3.05, 3.63) is 30.9 Å². The van der Waals surface area contributed by atoms with Crippen molar-refractivity contribution in [3.63, 3.8) is 0 Å². The monoisotopic (exact) mass is 257 g/mol. The van der Waals surface area contributed by atoms with Crippen LogP contribution in [0, 0.1) is 5.92 Å². The van der Waals surface area contributed by atoms with E-state index in [0.29, 0.717) is 5.92 Å². The van der Waals surface area contributed by atoms with Crippen LogP contribution >= 0.6 is 0 Å². The van der Waals surface area contributed by atoms with Gasteiger partial charge in [-0.25, -0.2) is 9.97 Å². The van der Waals surface area contributed by atoms with Gasteiger partial charge in [0.1, 0.15) is 0 Å². The summed E-state index contributed by atoms with van der Waals surface area (Å²) in [4.78, 5) is 14.3. The van der Waals surface area contributed by atoms with Crippen molar-refractivity contribution >= 4 is 5.95 Å². The summed E-state index contributed by atoms with van der Waals surface area (Å²) in [5, 5.41) is 3.43. The fourth-order valence-electron chi connectivity index (χ4n) is 2.41. The molecule has 1 fully saturated rings. The standard InChI is InChI=1S/C14H19N5/c1-11-6-16-4-5-19(10-11)14-17-8-13(9-18-14)12-2-3-15-7-12/h2-3,7-9,11,15-16H,4-6,10H2,1H3. The summed E-state index contributed by atoms with van der Waals surface area (Å²) in [5.41, 5.74) is 2.17. The van der Waals surface area contributed by atoms with Crippen LogP contribution in [-0.4, -0.2) is 41.1 Å². The number of hydrogen-bond acceptors (Lipinski definition) is 4. The van der Waals surface area contributed by atoms with Crippen LogP contribution in [0.4, 0.5) is 5.95 Å². The molecule has 1 unspecified atom stereocenters. The average molecular weight is 257 g/mol. The van der Waals surface area contributed by atoms with E-state index in [1.54, 1.807) is 0 Å². The second-order valence-corrected chi connectivity index (χ2v) is 5.13. The first kappa shape index (κ1) is 12.2. The molecule has 2 N–H and O–H groups in total. The van der Waals surface area contributed by atoms with Gasteiger partial charge < -0.3 is 15.2 Å². The lowest BCUT2D eigenvalue weighted by Crippen LogP contribution is -2.30. The van der Waals surface area contributed by atoms with Gasteiger partial charge in [0.15, 0.2) is 0 Å². The number of rotatable bonds is 2. The van der Waals surface area contributed by atoms with Crippen LogP contribution < -0.4 is 10.2 Å². The highest BCUT2D eigenvalue weighted by atomic mass is 15.3. The lowest BCUT2D eigenvalue weighted by Gasteiger charge is -2.21. The van der Waals surface area contributed by atoms with Gasteiger partial charge in [-0.05, 0) is 18.5 Å². The first-order valence-corrected chi connectivity index (χ1v) is 6.74. The molecular formula is C14H19N5. The van der Waals surface area contributed by atoms with Gasteiger partial charge in [0.2, 0.25) is 5.95 Å². The van der Waals surface area contributed by atoms with Crippen molar-refractivity contribution in [1.29, 1.82) is 0 Å². The highest BCUT2D eigenvalue weighted by Crippen LogP contribution is 2.18. The normalized spacial score (nSPS) is 20.3. The summed E-state index contributed by atoms with van der Waals surface area (Å²) >= 11 is 0. The lowest BCUT2D eigenvalue weighted by atomic mass is 10.2. The second kappa shape index (κ2) is 5.40. The number of nitrogens with zero attached hydrogens (tertiary/aromatic N) is 3. The number of H-pyrrole nitrogens is 1. The Kier molecular flexibility index (Phi) is 3.46. The van der Waals surface area contributed by atoms with Crippen LogP contribution in [0.1, 0.15) is 6.92 Å². The molecule has 0 radical (unpaired) electrons. The quantitative estimate of drug-likeness (QED) is 0.856. The molecule has 0 aromatic carbocycles. The molecule has 0 aliphatic carbocycles. The van der Waals surface area contributed by atoms with Gasteiger partial charge in [0.25, 0.3) is 0 Å². The third-order valence-electron chi connectivity index (χ3n) is 3.44. The van der Waals surface area contributed by atoms with Crippen molar-refractivity contribution in [2.75, 3.05) is 31.1 Å². The summed E-state index contributed by atoms with van der Waals surface area (Å²) in [7, 11) is 0. The molecule has 3 heterocycles. The van der Waals surface area contributed by atoms with Gasteiger partial charge in [0.05, 0.1) is 0 Å². The number of nitrogens with one attached hydrogen (secondary N) is 2. The van der Waals surface area contributed by atoms with Crippen LogP contribution in [0.25, 0.3) is 11.1 Å². The molecular weight excluding hydrogens is 238 g/mol. The van der Waals surface area contributed by atoms with E-state index in [0.717, 1.165) is 43.3 Å². The number of anilines is 1. The first-order chi connectivity index (χ1) is 9.33. The van der Waals surface area contributed by atoms with E-state index in [-0.39, 0.29) is 0 Å². The van der Waals surface area contributed by atoms with Crippen molar-refractivity contribution in [1.82, 2.24) is 20.3 Å². The van der Waals surface area contributed by atoms with E-state index in [9.17, 15) is 0 Å². The topological polar surface area (TPSA) is 56.8 Å². The molecule has 19 heavy (non-hydrogen) atoms. The first-order valence-electron chi connectivity index (χ1n) is 6.74. The Morgan fingerprint density at radius 2 is 2.11 bits per heavy atom. The molecule has 0 spiro atoms. The Morgan fingerprint density at radius 3 is 2.84 bits per heavy atom. The minimum atomic E-state index is 0.621. The maximum atomic E-state index is 4.51. The maximum Gasteiger partial charge on any atom is 0.225 e. The van der Waals surface area contributed by atoms with Gasteiger partial charge in [-0.3, -0.25) is 0 Å². The van der Waals surface area contributed by atoms with Crippen molar-refractivity contribution < 1.29 is 0 Å². The molecule has 1 saturated heterocycles. The van der Waals surface area contributed by atoms with E-state index in [2.05, 4.69) is 32.1 Å². The summed E-state index contributed by atoms with van der Waals surface area (Å²) in [6.07, 6.45) is 7.66. The molecule has 0 saturated carbocycles. The molecule has 2 aromatic rings. The summed E-state index contributed by atoms with van der Waals surface area (Å²) < 4.78 is 0. The SMILES string of the molecule is CC1CNCCN(c2ncc(-c3cc[nH]c3)cn2)C1. The van der Waals surface area contributed by atoms with Gasteiger partial charge in [-0.15, -0.1) is 0 Å². The van der Waals surface area contributed by atoms with Crippen LogP contribution in [-0.2, 0) is 0 Å². The Bertz CT molecular complexity index is 505. The van der Waals surface area contributed by atoms with Crippen molar-refractivity contribution in [2.45, 2.75) is 6.92 Å². The average Bonchev–Trinajstić information content (AvgIpc) is 2.88. The Balaban J connectivity index is 1.78. The number of aromatic amines is 1. The molecule has 2 aromatic heterocycles. The molecule has 0 amide bonds. The van der Waals surface area contributed by atoms with E-state index >= 15 is 0 Å². The predicted octanol–water partition coefficient (Wildman–Crippen LogP) is 1.52. The molecule has 1 aliphatic heterocycles. The third kappa shape index (κ3) is 2.76. The summed E-state index contributed by atoms with van der Waals surface area (Å²) in [5.74, 6) is 1.45. The van der Waals surface area contributed by atoms with Crippen molar-refractivity contribution in [2.24, 2.45) is 5.92 Å². The molecule has 3 rings (SSSR count). The molecule has 0 bridgehead atoms. The third-order valence-corrected chi connectivity index (χ3v) is 3.44. The van der Waals surface area contributed by atoms with Crippen LogP contribution in [0.3, 0.4) is 0 Å². The fraction of sp³-hybridized carbons (Fsp3) is 0.429. The largest absolute Gasteiger partial charge is 0.367 e. The smallest absolute Gasteiger partial charge is 0.225 e. The Hall–Kier alpha value is -1.88. The van der Waals surface area contributed by atoms with Crippen molar-refractivity contribution in [3.8, 4) is 11.1 Å². The maximum absolute atomic E-state index is 4.51. The Labute approximate surface area is 113 Å². The van der Waals surface area contributed by atoms with Gasteiger partial charge in [-0.1, -0.05) is 6.92 Å². The van der Waals surface area contributed by atoms with Crippen LogP contribution in [0.15, 0.2) is 30.9 Å². The lowest BCUT2D eigenvalue weighted by molar-refractivity contribution is 0.561. The molecule has 1 atom stereocenters. The molecule has 5 nitrogen and oxygen atoms in total. The van der Waals surface area contributed by atoms with E-state index < -0.39 is 0 Å². The van der Waals surface area contributed by atoms with Crippen LogP contribution in [0.5, 0.6) is 0 Å². The number of aromatic nitrogens is 3. The second-order valence-electron chi connectivity index (χ2n) is 5.13. The predicted molar refractivity (Wildman–Crippen MR) is 76.1 cm³/mol. The minimum absolute atomic E-state index is 0.621. The van der Waals surface area contributed by atoms with Gasteiger partial charge in [0, 0.05) is 55.5 Å². The molecule has 5 heteroatoms. The highest BCUT2D eigenvalue weighted by molar-refractivity contribution is 5.61. The van der Waals surface area contributed by atoms with Gasteiger partial charge in [-0.2, -0.15) is 0 Å². The van der Waals surface area contributed by atoms with Crippen LogP contribution in [0.2, 0.25) is 0 Å². The Morgan fingerprint density at radius 1 is 1.26 bits per heavy atom. The fourth-order valence-corrected chi connectivity index (χ4v) is 2.41. The summed E-state index contributed by atoms with van der Waals surface area (Å²) in [6, 6.07) is 2.02. The molecule has 100 valence electrons. The zero-order chi connectivity index (χ0) is 13.1. The molecule has 1 aliphatic rings. The van der Waals surface area contributed by atoms with E-state index in [1.165, 1.54) is 0 Å². The van der Waals surface area contributed by atoms with Gasteiger partial charge >= 0.3 is 0 Å². The minimum Gasteiger partial charge on any atom is -0.367 e. The van der Waals surface area contributed by atoms with E-state index in [1.807, 2.05) is 30.9 Å². The zero-order valence-corrected chi connectivity index (χ0v) is 11.1. The highest BCUT2D eigenvalue weighted by Gasteiger charge is 2.16. The zero-order valence-electron chi connectivity index (χ0n) is 11.1.